The molecule has 0 N–H and O–H groups in total. The number of rotatable bonds is 7. The summed E-state index contributed by atoms with van der Waals surface area (Å²) in [6, 6.07) is 3.43. The largest absolute Gasteiger partial charge is 0.493 e. The van der Waals surface area contributed by atoms with Gasteiger partial charge in [-0.25, -0.2) is 4.79 Å². The van der Waals surface area contributed by atoms with Gasteiger partial charge in [-0.3, -0.25) is 4.79 Å². The van der Waals surface area contributed by atoms with E-state index in [1.54, 1.807) is 30.0 Å². The second-order valence-electron chi connectivity index (χ2n) is 7.02. The first kappa shape index (κ1) is 21.7. The first-order chi connectivity index (χ1) is 14.4. The van der Waals surface area contributed by atoms with Gasteiger partial charge in [0.2, 0.25) is 5.75 Å². The summed E-state index contributed by atoms with van der Waals surface area (Å²) >= 11 is 0. The second-order valence-corrected chi connectivity index (χ2v) is 7.02. The Morgan fingerprint density at radius 1 is 1.17 bits per heavy atom. The normalized spacial score (nSPS) is 20.2. The molecule has 0 aliphatic carbocycles. The standard InChI is InChI=1S/C22H27NO7/c1-13-19(22(25)29-5)16(21(24)23(13)12-15-7-6-8-30-15)9-14-10-17(26-2)20(28-4)18(11-14)27-3/h9-11,15H,6-8,12H2,1-5H3/b16-9-/t15-/m0/s1. The Bertz CT molecular complexity index is 872. The first-order valence-corrected chi connectivity index (χ1v) is 9.69. The number of allylic oxidation sites excluding steroid dienone is 1. The third-order valence-electron chi connectivity index (χ3n) is 5.31. The zero-order valence-electron chi connectivity index (χ0n) is 17.9. The van der Waals surface area contributed by atoms with E-state index in [2.05, 4.69) is 0 Å². The van der Waals surface area contributed by atoms with Crippen LogP contribution >= 0.6 is 0 Å². The van der Waals surface area contributed by atoms with Crippen molar-refractivity contribution in [3.05, 3.63) is 34.5 Å². The monoisotopic (exact) mass is 417 g/mol. The number of carbonyl (C=O) groups is 2. The fourth-order valence-electron chi connectivity index (χ4n) is 3.79. The molecular formula is C22H27NO7. The number of esters is 1. The van der Waals surface area contributed by atoms with E-state index in [0.29, 0.717) is 41.7 Å². The van der Waals surface area contributed by atoms with E-state index in [0.717, 1.165) is 12.8 Å². The molecule has 2 aliphatic rings. The van der Waals surface area contributed by atoms with E-state index >= 15 is 0 Å². The molecule has 162 valence electrons. The van der Waals surface area contributed by atoms with Crippen molar-refractivity contribution in [2.24, 2.45) is 0 Å². The van der Waals surface area contributed by atoms with Gasteiger partial charge < -0.3 is 28.6 Å². The molecule has 1 atom stereocenters. The Labute approximate surface area is 176 Å². The minimum absolute atomic E-state index is 0.0386. The van der Waals surface area contributed by atoms with Crippen molar-refractivity contribution >= 4 is 18.0 Å². The van der Waals surface area contributed by atoms with Crippen molar-refractivity contribution in [3.63, 3.8) is 0 Å². The molecule has 1 fully saturated rings. The Morgan fingerprint density at radius 2 is 1.83 bits per heavy atom. The summed E-state index contributed by atoms with van der Waals surface area (Å²) < 4.78 is 26.7. The van der Waals surface area contributed by atoms with Gasteiger partial charge in [-0.05, 0) is 43.5 Å². The quantitative estimate of drug-likeness (QED) is 0.498. The van der Waals surface area contributed by atoms with Gasteiger partial charge in [0.1, 0.15) is 0 Å². The molecule has 8 heteroatoms. The summed E-state index contributed by atoms with van der Waals surface area (Å²) in [5.74, 6) is 0.516. The third-order valence-corrected chi connectivity index (χ3v) is 5.31. The van der Waals surface area contributed by atoms with Gasteiger partial charge in [-0.15, -0.1) is 0 Å². The van der Waals surface area contributed by atoms with Crippen LogP contribution in [0.2, 0.25) is 0 Å². The Kier molecular flexibility index (Phi) is 6.66. The minimum atomic E-state index is -0.561. The summed E-state index contributed by atoms with van der Waals surface area (Å²) in [6.07, 6.45) is 3.45. The van der Waals surface area contributed by atoms with Crippen molar-refractivity contribution in [1.82, 2.24) is 4.90 Å². The number of methoxy groups -OCH3 is 4. The van der Waals surface area contributed by atoms with Gasteiger partial charge >= 0.3 is 5.97 Å². The molecule has 1 saturated heterocycles. The predicted molar refractivity (Wildman–Crippen MR) is 109 cm³/mol. The Balaban J connectivity index is 2.05. The molecule has 2 heterocycles. The highest BCUT2D eigenvalue weighted by Crippen LogP contribution is 2.40. The molecule has 0 bridgehead atoms. The van der Waals surface area contributed by atoms with Crippen molar-refractivity contribution in [2.75, 3.05) is 41.6 Å². The molecule has 1 amide bonds. The molecule has 8 nitrogen and oxygen atoms in total. The number of carbonyl (C=O) groups excluding carboxylic acids is 2. The molecule has 3 rings (SSSR count). The zero-order valence-corrected chi connectivity index (χ0v) is 17.9. The number of benzene rings is 1. The SMILES string of the molecule is COC(=O)C1=C(C)N(C[C@@H]2CCCO2)C(=O)/C1=C\c1cc(OC)c(OC)c(OC)c1. The fourth-order valence-corrected chi connectivity index (χ4v) is 3.79. The smallest absolute Gasteiger partial charge is 0.340 e. The molecule has 1 aromatic rings. The van der Waals surface area contributed by atoms with Gasteiger partial charge in [0.15, 0.2) is 11.5 Å². The molecule has 0 radical (unpaired) electrons. The van der Waals surface area contributed by atoms with Crippen molar-refractivity contribution < 1.29 is 33.3 Å². The van der Waals surface area contributed by atoms with Crippen molar-refractivity contribution in [2.45, 2.75) is 25.9 Å². The highest BCUT2D eigenvalue weighted by molar-refractivity contribution is 6.16. The molecule has 2 aliphatic heterocycles. The van der Waals surface area contributed by atoms with Crippen LogP contribution in [0.1, 0.15) is 25.3 Å². The molecule has 0 saturated carbocycles. The topological polar surface area (TPSA) is 83.5 Å². The van der Waals surface area contributed by atoms with Gasteiger partial charge in [-0.2, -0.15) is 0 Å². The second kappa shape index (κ2) is 9.21. The lowest BCUT2D eigenvalue weighted by molar-refractivity contribution is -0.136. The highest BCUT2D eigenvalue weighted by atomic mass is 16.5. The Hall–Kier alpha value is -3.00. The molecule has 1 aromatic carbocycles. The molecule has 0 aromatic heterocycles. The average Bonchev–Trinajstić information content (AvgIpc) is 3.35. The Morgan fingerprint density at radius 3 is 2.33 bits per heavy atom. The lowest BCUT2D eigenvalue weighted by Crippen LogP contribution is -2.33. The lowest BCUT2D eigenvalue weighted by Gasteiger charge is -2.21. The van der Waals surface area contributed by atoms with Gasteiger partial charge in [0, 0.05) is 12.3 Å². The maximum absolute atomic E-state index is 13.2. The van der Waals surface area contributed by atoms with Crippen LogP contribution in [-0.4, -0.2) is 64.5 Å². The van der Waals surface area contributed by atoms with Crippen LogP contribution in [0.4, 0.5) is 0 Å². The van der Waals surface area contributed by atoms with E-state index < -0.39 is 5.97 Å². The third kappa shape index (κ3) is 4.00. The predicted octanol–water partition coefficient (Wildman–Crippen LogP) is 2.56. The van der Waals surface area contributed by atoms with Gasteiger partial charge in [-0.1, -0.05) is 0 Å². The van der Waals surface area contributed by atoms with E-state index in [-0.39, 0.29) is 23.2 Å². The number of amides is 1. The van der Waals surface area contributed by atoms with Crippen molar-refractivity contribution in [3.8, 4) is 17.2 Å². The van der Waals surface area contributed by atoms with Crippen LogP contribution in [0.15, 0.2) is 29.0 Å². The summed E-state index contributed by atoms with van der Waals surface area (Å²) in [7, 11) is 5.85. The van der Waals surface area contributed by atoms with Crippen LogP contribution in [0, 0.1) is 0 Å². The molecule has 0 spiro atoms. The summed E-state index contributed by atoms with van der Waals surface area (Å²) in [5.41, 5.74) is 1.68. The number of hydrogen-bond donors (Lipinski definition) is 0. The summed E-state index contributed by atoms with van der Waals surface area (Å²) in [6.45, 7) is 2.83. The maximum Gasteiger partial charge on any atom is 0.340 e. The van der Waals surface area contributed by atoms with Crippen LogP contribution < -0.4 is 14.2 Å². The van der Waals surface area contributed by atoms with Crippen LogP contribution in [0.25, 0.3) is 6.08 Å². The zero-order chi connectivity index (χ0) is 21.8. The number of nitrogens with zero attached hydrogens (tertiary/aromatic N) is 1. The maximum atomic E-state index is 13.2. The fraction of sp³-hybridized carbons (Fsp3) is 0.455. The summed E-state index contributed by atoms with van der Waals surface area (Å²) in [4.78, 5) is 27.3. The first-order valence-electron chi connectivity index (χ1n) is 9.69. The average molecular weight is 417 g/mol. The van der Waals surface area contributed by atoms with Crippen LogP contribution in [0.3, 0.4) is 0 Å². The van der Waals surface area contributed by atoms with E-state index in [1.165, 1.54) is 28.4 Å². The van der Waals surface area contributed by atoms with Crippen LogP contribution in [0.5, 0.6) is 17.2 Å². The minimum Gasteiger partial charge on any atom is -0.493 e. The number of ether oxygens (including phenoxy) is 5. The van der Waals surface area contributed by atoms with Crippen LogP contribution in [-0.2, 0) is 19.1 Å². The summed E-state index contributed by atoms with van der Waals surface area (Å²) in [5, 5.41) is 0. The van der Waals surface area contributed by atoms with Gasteiger partial charge in [0.05, 0.1) is 52.2 Å². The lowest BCUT2D eigenvalue weighted by atomic mass is 10.0. The van der Waals surface area contributed by atoms with E-state index in [4.69, 9.17) is 23.7 Å². The van der Waals surface area contributed by atoms with Gasteiger partial charge in [0.25, 0.3) is 5.91 Å². The van der Waals surface area contributed by atoms with E-state index in [1.807, 2.05) is 0 Å². The molecular weight excluding hydrogens is 390 g/mol. The molecule has 0 unspecified atom stereocenters. The van der Waals surface area contributed by atoms with E-state index in [9.17, 15) is 9.59 Å². The highest BCUT2D eigenvalue weighted by Gasteiger charge is 2.38. The van der Waals surface area contributed by atoms with Crippen molar-refractivity contribution in [1.29, 1.82) is 0 Å². The molecule has 30 heavy (non-hydrogen) atoms. The number of hydrogen-bond acceptors (Lipinski definition) is 7.